The number of benzene rings is 1. The molecule has 7 nitrogen and oxygen atoms in total. The van der Waals surface area contributed by atoms with Gasteiger partial charge >= 0.3 is 0 Å². The van der Waals surface area contributed by atoms with Crippen LogP contribution in [0.2, 0.25) is 0 Å². The number of sulfonamides is 1. The molecule has 1 N–H and O–H groups in total. The molecule has 0 bridgehead atoms. The average Bonchev–Trinajstić information content (AvgIpc) is 3.04. The van der Waals surface area contributed by atoms with Crippen LogP contribution in [0.4, 0.5) is 10.8 Å². The van der Waals surface area contributed by atoms with Crippen LogP contribution in [-0.4, -0.2) is 43.1 Å². The Kier molecular flexibility index (Phi) is 7.42. The number of anilines is 2. The number of amides is 1. The smallest absolute Gasteiger partial charge is 0.246 e. The summed E-state index contributed by atoms with van der Waals surface area (Å²) in [4.78, 5) is 12.4. The maximum atomic E-state index is 12.4. The molecule has 10 heteroatoms. The molecule has 0 spiro atoms. The first kappa shape index (κ1) is 20.7. The zero-order valence-electron chi connectivity index (χ0n) is 14.9. The topological polar surface area (TPSA) is 92.3 Å². The summed E-state index contributed by atoms with van der Waals surface area (Å²) >= 11 is 2.86. The van der Waals surface area contributed by atoms with Crippen molar-refractivity contribution >= 4 is 49.8 Å². The van der Waals surface area contributed by atoms with E-state index >= 15 is 0 Å². The molecule has 0 radical (unpaired) electrons. The number of nitrogens with one attached hydrogen (secondary N) is 1. The van der Waals surface area contributed by atoms with Crippen LogP contribution in [0.25, 0.3) is 0 Å². The first-order chi connectivity index (χ1) is 12.3. The SMILES string of the molecule is CCCSc1nnc(NC(=O)CN(c2ccccc2CC)S(C)(=O)=O)s1. The van der Waals surface area contributed by atoms with Crippen molar-refractivity contribution in [1.29, 1.82) is 0 Å². The molecule has 1 heterocycles. The highest BCUT2D eigenvalue weighted by molar-refractivity contribution is 8.01. The number of hydrogen-bond acceptors (Lipinski definition) is 7. The Balaban J connectivity index is 2.13. The lowest BCUT2D eigenvalue weighted by Crippen LogP contribution is -2.38. The van der Waals surface area contributed by atoms with E-state index in [9.17, 15) is 13.2 Å². The molecule has 1 amide bonds. The van der Waals surface area contributed by atoms with Gasteiger partial charge in [0.1, 0.15) is 6.54 Å². The van der Waals surface area contributed by atoms with Crippen LogP contribution in [0.3, 0.4) is 0 Å². The molecule has 0 fully saturated rings. The maximum absolute atomic E-state index is 12.4. The van der Waals surface area contributed by atoms with Gasteiger partial charge < -0.3 is 0 Å². The average molecular weight is 415 g/mol. The highest BCUT2D eigenvalue weighted by Gasteiger charge is 2.23. The lowest BCUT2D eigenvalue weighted by atomic mass is 10.1. The van der Waals surface area contributed by atoms with Crippen LogP contribution < -0.4 is 9.62 Å². The number of aromatic nitrogens is 2. The highest BCUT2D eigenvalue weighted by atomic mass is 32.2. The van der Waals surface area contributed by atoms with E-state index in [0.717, 1.165) is 32.6 Å². The van der Waals surface area contributed by atoms with E-state index in [0.29, 0.717) is 17.2 Å². The molecule has 0 unspecified atom stereocenters. The van der Waals surface area contributed by atoms with Gasteiger partial charge in [0.15, 0.2) is 4.34 Å². The van der Waals surface area contributed by atoms with Crippen molar-refractivity contribution in [3.05, 3.63) is 29.8 Å². The number of nitrogens with zero attached hydrogens (tertiary/aromatic N) is 3. The first-order valence-corrected chi connectivity index (χ1v) is 11.8. The number of para-hydroxylation sites is 1. The van der Waals surface area contributed by atoms with Gasteiger partial charge in [0.25, 0.3) is 0 Å². The van der Waals surface area contributed by atoms with Gasteiger partial charge in [0, 0.05) is 5.75 Å². The van der Waals surface area contributed by atoms with Crippen LogP contribution >= 0.6 is 23.1 Å². The van der Waals surface area contributed by atoms with Crippen LogP contribution in [0.5, 0.6) is 0 Å². The Morgan fingerprint density at radius 3 is 2.65 bits per heavy atom. The summed E-state index contributed by atoms with van der Waals surface area (Å²) in [5.74, 6) is 0.475. The lowest BCUT2D eigenvalue weighted by molar-refractivity contribution is -0.114. The van der Waals surface area contributed by atoms with Gasteiger partial charge in [-0.15, -0.1) is 10.2 Å². The Labute approximate surface area is 162 Å². The van der Waals surface area contributed by atoms with E-state index in [-0.39, 0.29) is 6.54 Å². The number of thioether (sulfide) groups is 1. The summed E-state index contributed by atoms with van der Waals surface area (Å²) in [5.41, 5.74) is 1.38. The molecule has 1 aromatic heterocycles. The molecule has 2 aromatic rings. The summed E-state index contributed by atoms with van der Waals surface area (Å²) < 4.78 is 26.4. The van der Waals surface area contributed by atoms with E-state index in [1.807, 2.05) is 19.1 Å². The molecule has 0 saturated carbocycles. The summed E-state index contributed by atoms with van der Waals surface area (Å²) in [5, 5.41) is 10.9. The van der Waals surface area contributed by atoms with Gasteiger partial charge in [-0.05, 0) is 24.5 Å². The molecule has 0 aliphatic rings. The number of carbonyl (C=O) groups excluding carboxylic acids is 1. The third kappa shape index (κ3) is 5.68. The molecule has 2 rings (SSSR count). The molecule has 0 aliphatic carbocycles. The van der Waals surface area contributed by atoms with Crippen molar-refractivity contribution < 1.29 is 13.2 Å². The Morgan fingerprint density at radius 2 is 2.00 bits per heavy atom. The van der Waals surface area contributed by atoms with Crippen molar-refractivity contribution in [2.24, 2.45) is 0 Å². The van der Waals surface area contributed by atoms with E-state index in [2.05, 4.69) is 22.4 Å². The van der Waals surface area contributed by atoms with Crippen molar-refractivity contribution in [3.8, 4) is 0 Å². The molecule has 0 saturated heterocycles. The largest absolute Gasteiger partial charge is 0.299 e. The minimum atomic E-state index is -3.61. The van der Waals surface area contributed by atoms with Gasteiger partial charge in [-0.25, -0.2) is 8.42 Å². The van der Waals surface area contributed by atoms with Crippen molar-refractivity contribution in [2.75, 3.05) is 28.2 Å². The fraction of sp³-hybridized carbons (Fsp3) is 0.438. The number of aryl methyl sites for hydroxylation is 1. The molecule has 1 aromatic carbocycles. The third-order valence-corrected chi connectivity index (χ3v) is 6.72. The maximum Gasteiger partial charge on any atom is 0.246 e. The molecule has 0 aliphatic heterocycles. The van der Waals surface area contributed by atoms with Crippen molar-refractivity contribution in [3.63, 3.8) is 0 Å². The lowest BCUT2D eigenvalue weighted by Gasteiger charge is -2.23. The van der Waals surface area contributed by atoms with Crippen LogP contribution in [0, 0.1) is 0 Å². The Hall–Kier alpha value is -1.65. The monoisotopic (exact) mass is 414 g/mol. The normalized spacial score (nSPS) is 11.3. The Morgan fingerprint density at radius 1 is 1.27 bits per heavy atom. The minimum absolute atomic E-state index is 0.313. The predicted octanol–water partition coefficient (Wildman–Crippen LogP) is 3.01. The highest BCUT2D eigenvalue weighted by Crippen LogP contribution is 2.26. The van der Waals surface area contributed by atoms with Crippen molar-refractivity contribution in [2.45, 2.75) is 31.0 Å². The van der Waals surface area contributed by atoms with Gasteiger partial charge in [-0.1, -0.05) is 55.1 Å². The second-order valence-corrected chi connectivity index (χ2v) is 9.75. The second-order valence-electron chi connectivity index (χ2n) is 5.52. The fourth-order valence-electron chi connectivity index (χ4n) is 2.23. The number of hydrogen-bond donors (Lipinski definition) is 1. The summed E-state index contributed by atoms with van der Waals surface area (Å²) in [6.45, 7) is 3.70. The fourth-order valence-corrected chi connectivity index (χ4v) is 4.81. The van der Waals surface area contributed by atoms with E-state index in [1.54, 1.807) is 23.9 Å². The van der Waals surface area contributed by atoms with Gasteiger partial charge in [0.05, 0.1) is 11.9 Å². The summed E-state index contributed by atoms with van der Waals surface area (Å²) in [6.07, 6.45) is 2.78. The zero-order valence-corrected chi connectivity index (χ0v) is 17.4. The zero-order chi connectivity index (χ0) is 19.2. The second kappa shape index (κ2) is 9.33. The number of carbonyl (C=O) groups is 1. The van der Waals surface area contributed by atoms with Gasteiger partial charge in [-0.2, -0.15) is 0 Å². The first-order valence-electron chi connectivity index (χ1n) is 8.17. The minimum Gasteiger partial charge on any atom is -0.299 e. The quantitative estimate of drug-likeness (QED) is 0.501. The Bertz CT molecular complexity index is 852. The molecule has 0 atom stereocenters. The van der Waals surface area contributed by atoms with E-state index < -0.39 is 15.9 Å². The van der Waals surface area contributed by atoms with Crippen LogP contribution in [0.15, 0.2) is 28.6 Å². The van der Waals surface area contributed by atoms with E-state index in [4.69, 9.17) is 0 Å². The van der Waals surface area contributed by atoms with Gasteiger partial charge in [-0.3, -0.25) is 14.4 Å². The summed E-state index contributed by atoms with van der Waals surface area (Å²) in [7, 11) is -3.61. The third-order valence-electron chi connectivity index (χ3n) is 3.41. The van der Waals surface area contributed by atoms with E-state index in [1.165, 1.54) is 11.3 Å². The molecular formula is C16H22N4O3S3. The number of rotatable bonds is 9. The predicted molar refractivity (Wildman–Crippen MR) is 108 cm³/mol. The molecular weight excluding hydrogens is 392 g/mol. The molecule has 142 valence electrons. The van der Waals surface area contributed by atoms with Gasteiger partial charge in [0.2, 0.25) is 21.1 Å². The molecule has 26 heavy (non-hydrogen) atoms. The van der Waals surface area contributed by atoms with Crippen LogP contribution in [-0.2, 0) is 21.2 Å². The summed E-state index contributed by atoms with van der Waals surface area (Å²) in [6, 6.07) is 7.16. The van der Waals surface area contributed by atoms with Crippen LogP contribution in [0.1, 0.15) is 25.8 Å². The van der Waals surface area contributed by atoms with Crippen molar-refractivity contribution in [1.82, 2.24) is 10.2 Å². The standard InChI is InChI=1S/C16H22N4O3S3/c1-4-10-24-16-19-18-15(25-16)17-14(21)11-20(26(3,22)23)13-9-7-6-8-12(13)5-2/h6-9H,4-5,10-11H2,1-3H3,(H,17,18,21).